The minimum absolute atomic E-state index is 0.0731. The molecule has 0 N–H and O–H groups in total. The Balaban J connectivity index is 1.39. The van der Waals surface area contributed by atoms with Gasteiger partial charge in [0.05, 0.1) is 19.1 Å². The highest BCUT2D eigenvalue weighted by Crippen LogP contribution is 2.55. The van der Waals surface area contributed by atoms with Gasteiger partial charge in [0.15, 0.2) is 6.29 Å². The molecule has 5 atom stereocenters. The summed E-state index contributed by atoms with van der Waals surface area (Å²) in [4.78, 5) is 12.9. The molecule has 0 bridgehead atoms. The van der Waals surface area contributed by atoms with Crippen LogP contribution in [0.5, 0.6) is 0 Å². The smallest absolute Gasteiger partial charge is 0.306 e. The van der Waals surface area contributed by atoms with Gasteiger partial charge in [0.2, 0.25) is 0 Å². The summed E-state index contributed by atoms with van der Waals surface area (Å²) in [5.41, 5.74) is 1.01. The van der Waals surface area contributed by atoms with Crippen molar-refractivity contribution in [2.45, 2.75) is 76.7 Å². The van der Waals surface area contributed by atoms with Crippen LogP contribution in [0.4, 0.5) is 0 Å². The monoisotopic (exact) mass is 598 g/mol. The van der Waals surface area contributed by atoms with E-state index in [9.17, 15) is 4.79 Å². The van der Waals surface area contributed by atoms with Crippen LogP contribution in [0.1, 0.15) is 58.4 Å². The molecule has 0 spiro atoms. The van der Waals surface area contributed by atoms with Gasteiger partial charge in [0.1, 0.15) is 0 Å². The molecule has 228 valence electrons. The van der Waals surface area contributed by atoms with E-state index < -0.39 is 8.32 Å². The van der Waals surface area contributed by atoms with Crippen LogP contribution in [-0.4, -0.2) is 46.5 Å². The zero-order valence-corrected chi connectivity index (χ0v) is 26.9. The molecule has 1 saturated carbocycles. The van der Waals surface area contributed by atoms with Crippen molar-refractivity contribution in [2.24, 2.45) is 17.3 Å². The molecule has 0 aromatic heterocycles. The van der Waals surface area contributed by atoms with Crippen molar-refractivity contribution in [3.8, 4) is 0 Å². The summed E-state index contributed by atoms with van der Waals surface area (Å²) in [6.45, 7) is 8.65. The molecule has 43 heavy (non-hydrogen) atoms. The van der Waals surface area contributed by atoms with Gasteiger partial charge >= 0.3 is 5.97 Å². The molecule has 3 aliphatic rings. The van der Waals surface area contributed by atoms with Crippen LogP contribution in [0.3, 0.4) is 0 Å². The Kier molecular flexibility index (Phi) is 8.93. The number of hydrogen-bond acceptors (Lipinski definition) is 5. The van der Waals surface area contributed by atoms with Crippen LogP contribution in [0.15, 0.2) is 91.0 Å². The van der Waals surface area contributed by atoms with Gasteiger partial charge in [-0.25, -0.2) is 0 Å². The summed E-state index contributed by atoms with van der Waals surface area (Å²) in [7, 11) is -2.76. The number of benzene rings is 3. The topological polar surface area (TPSA) is 54.0 Å². The second kappa shape index (κ2) is 12.7. The van der Waals surface area contributed by atoms with E-state index in [2.05, 4.69) is 112 Å². The maximum absolute atomic E-state index is 12.9. The van der Waals surface area contributed by atoms with E-state index in [4.69, 9.17) is 18.6 Å². The number of rotatable bonds is 9. The number of hydrogen-bond donors (Lipinski definition) is 0. The van der Waals surface area contributed by atoms with E-state index in [0.717, 1.165) is 38.7 Å². The molecular weight excluding hydrogens is 552 g/mol. The second-order valence-electron chi connectivity index (χ2n) is 13.8. The van der Waals surface area contributed by atoms with Crippen molar-refractivity contribution >= 4 is 24.7 Å². The van der Waals surface area contributed by atoms with Gasteiger partial charge in [0.25, 0.3) is 8.32 Å². The lowest BCUT2D eigenvalue weighted by Crippen LogP contribution is -2.67. The molecule has 3 fully saturated rings. The maximum Gasteiger partial charge on any atom is 0.306 e. The Hall–Kier alpha value is -2.77. The van der Waals surface area contributed by atoms with Gasteiger partial charge in [-0.3, -0.25) is 4.79 Å². The molecule has 3 aromatic rings. The number of esters is 1. The summed E-state index contributed by atoms with van der Waals surface area (Å²) in [5, 5.41) is 2.41. The molecule has 5 nitrogen and oxygen atoms in total. The summed E-state index contributed by atoms with van der Waals surface area (Å²) in [5.74, 6) is 0.106. The molecule has 2 heterocycles. The third kappa shape index (κ3) is 6.12. The SMILES string of the molecule is CC(C)(C)[Si](OC[C@@H]1[C@H]2COC(=O)C[C@@]2(Cc2ccccc2)C[C@H]1OC1CCCCO1)(c1ccccc1)c1ccccc1. The van der Waals surface area contributed by atoms with E-state index in [0.29, 0.717) is 19.6 Å². The number of carbonyl (C=O) groups is 1. The van der Waals surface area contributed by atoms with Crippen LogP contribution in [-0.2, 0) is 29.9 Å². The predicted octanol–water partition coefficient (Wildman–Crippen LogP) is 6.29. The molecular formula is C37H46O5Si. The van der Waals surface area contributed by atoms with E-state index in [1.165, 1.54) is 15.9 Å². The fraction of sp³-hybridized carbons (Fsp3) is 0.486. The quantitative estimate of drug-likeness (QED) is 0.214. The number of carbonyl (C=O) groups excluding carboxylic acids is 1. The average Bonchev–Trinajstić information content (AvgIpc) is 3.30. The summed E-state index contributed by atoms with van der Waals surface area (Å²) < 4.78 is 26.3. The molecule has 3 aromatic carbocycles. The van der Waals surface area contributed by atoms with Crippen LogP contribution in [0, 0.1) is 17.3 Å². The normalized spacial score (nSPS) is 27.8. The Morgan fingerprint density at radius 1 is 0.884 bits per heavy atom. The van der Waals surface area contributed by atoms with Crippen molar-refractivity contribution in [1.82, 2.24) is 0 Å². The van der Waals surface area contributed by atoms with E-state index >= 15 is 0 Å². The first-order valence-electron chi connectivity index (χ1n) is 16.0. The fourth-order valence-electron chi connectivity index (χ4n) is 8.08. The summed E-state index contributed by atoms with van der Waals surface area (Å²) in [6, 6.07) is 32.2. The third-order valence-corrected chi connectivity index (χ3v) is 15.1. The number of ether oxygens (including phenoxy) is 3. The predicted molar refractivity (Wildman–Crippen MR) is 172 cm³/mol. The molecule has 0 radical (unpaired) electrons. The standard InChI is InChI=1S/C37H46O5Si/c1-36(2,3)43(29-17-9-5-10-18-29,30-19-11-6-12-20-30)41-26-31-32-27-40-34(38)25-37(32,23-28-15-7-4-8-16-28)24-33(31)42-35-21-13-14-22-39-35/h4-12,15-20,31-33,35H,13-14,21-27H2,1-3H3/t31-,32-,33-,35?,37-/m1/s1. The first-order chi connectivity index (χ1) is 20.8. The van der Waals surface area contributed by atoms with Crippen LogP contribution in [0.25, 0.3) is 0 Å². The van der Waals surface area contributed by atoms with E-state index in [1.54, 1.807) is 0 Å². The third-order valence-electron chi connectivity index (χ3n) is 10.1. The van der Waals surface area contributed by atoms with Crippen LogP contribution in [0.2, 0.25) is 5.04 Å². The lowest BCUT2D eigenvalue weighted by Gasteiger charge is -2.45. The van der Waals surface area contributed by atoms with Gasteiger partial charge in [-0.05, 0) is 58.5 Å². The highest BCUT2D eigenvalue weighted by atomic mass is 28.4. The Bertz CT molecular complexity index is 1300. The Morgan fingerprint density at radius 3 is 2.09 bits per heavy atom. The van der Waals surface area contributed by atoms with Crippen molar-refractivity contribution in [2.75, 3.05) is 19.8 Å². The molecule has 2 aliphatic heterocycles. The highest BCUT2D eigenvalue weighted by molar-refractivity contribution is 6.99. The first-order valence-corrected chi connectivity index (χ1v) is 17.9. The van der Waals surface area contributed by atoms with Crippen molar-refractivity contribution < 1.29 is 23.4 Å². The average molecular weight is 599 g/mol. The summed E-state index contributed by atoms with van der Waals surface area (Å²) >= 11 is 0. The maximum atomic E-state index is 12.9. The lowest BCUT2D eigenvalue weighted by atomic mass is 9.68. The second-order valence-corrected chi connectivity index (χ2v) is 18.1. The van der Waals surface area contributed by atoms with Gasteiger partial charge in [-0.15, -0.1) is 0 Å². The van der Waals surface area contributed by atoms with Crippen LogP contribution >= 0.6 is 0 Å². The first kappa shape index (κ1) is 30.3. The van der Waals surface area contributed by atoms with Gasteiger partial charge in [0, 0.05) is 25.0 Å². The van der Waals surface area contributed by atoms with Crippen molar-refractivity contribution in [1.29, 1.82) is 0 Å². The van der Waals surface area contributed by atoms with Gasteiger partial charge in [-0.1, -0.05) is 112 Å². The largest absolute Gasteiger partial charge is 0.465 e. The van der Waals surface area contributed by atoms with Crippen LogP contribution < -0.4 is 10.4 Å². The molecule has 2 saturated heterocycles. The minimum atomic E-state index is -2.76. The minimum Gasteiger partial charge on any atom is -0.465 e. The Morgan fingerprint density at radius 2 is 1.51 bits per heavy atom. The van der Waals surface area contributed by atoms with E-state index in [-0.39, 0.29) is 40.7 Å². The molecule has 6 rings (SSSR count). The molecule has 0 amide bonds. The van der Waals surface area contributed by atoms with E-state index in [1.807, 2.05) is 0 Å². The highest BCUT2D eigenvalue weighted by Gasteiger charge is 2.59. The molecule has 1 unspecified atom stereocenters. The van der Waals surface area contributed by atoms with Crippen molar-refractivity contribution in [3.05, 3.63) is 96.6 Å². The lowest BCUT2D eigenvalue weighted by molar-refractivity contribution is -0.198. The zero-order chi connectivity index (χ0) is 29.9. The number of fused-ring (bicyclic) bond motifs is 1. The van der Waals surface area contributed by atoms with Gasteiger partial charge < -0.3 is 18.6 Å². The van der Waals surface area contributed by atoms with Gasteiger partial charge in [-0.2, -0.15) is 0 Å². The molecule has 6 heteroatoms. The Labute approximate surface area is 258 Å². The molecule has 1 aliphatic carbocycles. The fourth-order valence-corrected chi connectivity index (χ4v) is 12.7. The zero-order valence-electron chi connectivity index (χ0n) is 25.9. The number of cyclic esters (lactones) is 1. The summed E-state index contributed by atoms with van der Waals surface area (Å²) in [6.07, 6.45) is 4.85. The van der Waals surface area contributed by atoms with Crippen molar-refractivity contribution in [3.63, 3.8) is 0 Å².